The predicted molar refractivity (Wildman–Crippen MR) is 119 cm³/mol. The van der Waals surface area contributed by atoms with Gasteiger partial charge in [0.05, 0.1) is 16.8 Å². The molecule has 0 saturated heterocycles. The van der Waals surface area contributed by atoms with Crippen molar-refractivity contribution in [1.29, 1.82) is 0 Å². The van der Waals surface area contributed by atoms with Gasteiger partial charge in [-0.2, -0.15) is 0 Å². The van der Waals surface area contributed by atoms with Gasteiger partial charge in [0.2, 0.25) is 11.7 Å². The van der Waals surface area contributed by atoms with E-state index < -0.39 is 0 Å². The molecule has 4 aromatic rings. The molecule has 0 radical (unpaired) electrons. The standard InChI is InChI=1S/C21H24N6OS/c1-4-26(14(2)3)16-11-9-15(10-12-16)22-19(28)13-29-21-25-24-20-23-17-7-5-6-8-18(17)27(20)21/h5-12,14H,4,13H2,1-3H3,(H,22,28)(H,23,24). The van der Waals surface area contributed by atoms with Crippen LogP contribution in [0.2, 0.25) is 0 Å². The second-order valence-corrected chi connectivity index (χ2v) is 7.97. The van der Waals surface area contributed by atoms with Crippen LogP contribution in [0.15, 0.2) is 53.7 Å². The van der Waals surface area contributed by atoms with E-state index in [1.807, 2.05) is 52.9 Å². The van der Waals surface area contributed by atoms with Crippen molar-refractivity contribution < 1.29 is 4.79 Å². The maximum absolute atomic E-state index is 12.4. The van der Waals surface area contributed by atoms with Crippen molar-refractivity contribution in [2.45, 2.75) is 32.0 Å². The molecular weight excluding hydrogens is 384 g/mol. The molecule has 0 unspecified atom stereocenters. The Morgan fingerprint density at radius 1 is 1.21 bits per heavy atom. The average molecular weight is 409 g/mol. The Morgan fingerprint density at radius 3 is 2.69 bits per heavy atom. The molecule has 0 atom stereocenters. The Labute approximate surface area is 173 Å². The Kier molecular flexibility index (Phi) is 5.44. The molecule has 1 amide bonds. The molecule has 0 fully saturated rings. The number of aromatic nitrogens is 4. The second kappa shape index (κ2) is 8.16. The minimum Gasteiger partial charge on any atom is -0.369 e. The molecule has 0 bridgehead atoms. The van der Waals surface area contributed by atoms with Crippen LogP contribution in [0.1, 0.15) is 20.8 Å². The Balaban J connectivity index is 1.41. The van der Waals surface area contributed by atoms with Gasteiger partial charge in [0, 0.05) is 24.0 Å². The molecule has 0 aliphatic rings. The van der Waals surface area contributed by atoms with Crippen LogP contribution in [0, 0.1) is 0 Å². The van der Waals surface area contributed by atoms with Gasteiger partial charge < -0.3 is 10.2 Å². The molecule has 29 heavy (non-hydrogen) atoms. The maximum Gasteiger partial charge on any atom is 0.234 e. The third kappa shape index (κ3) is 3.93. The fourth-order valence-corrected chi connectivity index (χ4v) is 4.21. The molecule has 0 aliphatic carbocycles. The Morgan fingerprint density at radius 2 is 1.97 bits per heavy atom. The van der Waals surface area contributed by atoms with Crippen molar-refractivity contribution in [3.05, 3.63) is 48.5 Å². The molecule has 0 spiro atoms. The van der Waals surface area contributed by atoms with Crippen molar-refractivity contribution >= 4 is 45.9 Å². The number of nitrogens with one attached hydrogen (secondary N) is 2. The minimum atomic E-state index is -0.0699. The average Bonchev–Trinajstić information content (AvgIpc) is 3.27. The van der Waals surface area contributed by atoms with E-state index in [0.29, 0.717) is 11.8 Å². The van der Waals surface area contributed by atoms with E-state index in [9.17, 15) is 4.79 Å². The summed E-state index contributed by atoms with van der Waals surface area (Å²) in [7, 11) is 0. The number of hydrogen-bond acceptors (Lipinski definition) is 5. The lowest BCUT2D eigenvalue weighted by molar-refractivity contribution is -0.113. The zero-order valence-corrected chi connectivity index (χ0v) is 17.5. The molecule has 8 heteroatoms. The maximum atomic E-state index is 12.4. The zero-order valence-electron chi connectivity index (χ0n) is 16.7. The van der Waals surface area contributed by atoms with Crippen molar-refractivity contribution in [2.24, 2.45) is 0 Å². The number of fused-ring (bicyclic) bond motifs is 3. The first kappa shape index (κ1) is 19.3. The van der Waals surface area contributed by atoms with Crippen molar-refractivity contribution in [3.63, 3.8) is 0 Å². The summed E-state index contributed by atoms with van der Waals surface area (Å²) >= 11 is 1.38. The number of anilines is 2. The van der Waals surface area contributed by atoms with Gasteiger partial charge in [-0.25, -0.2) is 10.1 Å². The third-order valence-electron chi connectivity index (χ3n) is 4.78. The molecule has 0 saturated carbocycles. The number of thioether (sulfide) groups is 1. The number of H-pyrrole nitrogens is 1. The molecule has 2 N–H and O–H groups in total. The van der Waals surface area contributed by atoms with Crippen LogP contribution in [-0.2, 0) is 4.79 Å². The largest absolute Gasteiger partial charge is 0.369 e. The molecule has 7 nitrogen and oxygen atoms in total. The van der Waals surface area contributed by atoms with Crippen LogP contribution >= 0.6 is 11.8 Å². The fourth-order valence-electron chi connectivity index (χ4n) is 3.45. The number of benzene rings is 2. The van der Waals surface area contributed by atoms with Crippen LogP contribution in [0.25, 0.3) is 16.8 Å². The van der Waals surface area contributed by atoms with Gasteiger partial charge in [-0.05, 0) is 57.2 Å². The van der Waals surface area contributed by atoms with Crippen LogP contribution in [0.3, 0.4) is 0 Å². The molecule has 2 aromatic heterocycles. The number of para-hydroxylation sites is 2. The quantitative estimate of drug-likeness (QED) is 0.449. The summed E-state index contributed by atoms with van der Waals surface area (Å²) < 4.78 is 1.94. The first-order chi connectivity index (χ1) is 14.1. The zero-order chi connectivity index (χ0) is 20.4. The van der Waals surface area contributed by atoms with Crippen molar-refractivity contribution in [1.82, 2.24) is 19.6 Å². The summed E-state index contributed by atoms with van der Waals surface area (Å²) in [5, 5.41) is 10.9. The minimum absolute atomic E-state index is 0.0699. The lowest BCUT2D eigenvalue weighted by Gasteiger charge is -2.27. The number of rotatable bonds is 7. The number of imidazole rings is 1. The molecular formula is C21H24N6OS. The number of hydrogen-bond donors (Lipinski definition) is 2. The van der Waals surface area contributed by atoms with Gasteiger partial charge in [-0.3, -0.25) is 9.20 Å². The van der Waals surface area contributed by atoms with Gasteiger partial charge in [0.1, 0.15) is 0 Å². The number of aromatic amines is 1. The first-order valence-electron chi connectivity index (χ1n) is 9.67. The van der Waals surface area contributed by atoms with E-state index in [4.69, 9.17) is 0 Å². The molecule has 4 rings (SSSR count). The Hall–Kier alpha value is -3.00. The third-order valence-corrected chi connectivity index (χ3v) is 5.72. The van der Waals surface area contributed by atoms with E-state index in [0.717, 1.165) is 34.1 Å². The van der Waals surface area contributed by atoms with Crippen LogP contribution < -0.4 is 10.2 Å². The van der Waals surface area contributed by atoms with E-state index in [-0.39, 0.29) is 11.7 Å². The number of nitrogens with zero attached hydrogens (tertiary/aromatic N) is 4. The van der Waals surface area contributed by atoms with Crippen LogP contribution in [0.5, 0.6) is 0 Å². The first-order valence-corrected chi connectivity index (χ1v) is 10.7. The molecule has 150 valence electrons. The molecule has 2 aromatic carbocycles. The van der Waals surface area contributed by atoms with Gasteiger partial charge >= 0.3 is 0 Å². The summed E-state index contributed by atoms with van der Waals surface area (Å²) in [5.74, 6) is 0.872. The van der Waals surface area contributed by atoms with E-state index >= 15 is 0 Å². The van der Waals surface area contributed by atoms with Crippen molar-refractivity contribution in [2.75, 3.05) is 22.5 Å². The smallest absolute Gasteiger partial charge is 0.234 e. The summed E-state index contributed by atoms with van der Waals surface area (Å²) in [6.07, 6.45) is 0. The van der Waals surface area contributed by atoms with Gasteiger partial charge in [0.15, 0.2) is 5.16 Å². The van der Waals surface area contributed by atoms with Crippen LogP contribution in [0.4, 0.5) is 11.4 Å². The monoisotopic (exact) mass is 408 g/mol. The molecule has 0 aliphatic heterocycles. The Bertz CT molecular complexity index is 1130. The van der Waals surface area contributed by atoms with Crippen LogP contribution in [-0.4, -0.2) is 43.8 Å². The fraction of sp³-hybridized carbons (Fsp3) is 0.286. The van der Waals surface area contributed by atoms with Crippen molar-refractivity contribution in [3.8, 4) is 0 Å². The highest BCUT2D eigenvalue weighted by molar-refractivity contribution is 7.99. The lowest BCUT2D eigenvalue weighted by Crippen LogP contribution is -2.30. The predicted octanol–water partition coefficient (Wildman–Crippen LogP) is 4.18. The summed E-state index contributed by atoms with van der Waals surface area (Å²) in [5.41, 5.74) is 3.82. The lowest BCUT2D eigenvalue weighted by atomic mass is 10.2. The van der Waals surface area contributed by atoms with Gasteiger partial charge in [0.25, 0.3) is 0 Å². The highest BCUT2D eigenvalue weighted by atomic mass is 32.2. The van der Waals surface area contributed by atoms with Gasteiger partial charge in [-0.1, -0.05) is 23.9 Å². The summed E-state index contributed by atoms with van der Waals surface area (Å²) in [6, 6.07) is 16.3. The number of carbonyl (C=O) groups excluding carboxylic acids is 1. The summed E-state index contributed by atoms with van der Waals surface area (Å²) in [4.78, 5) is 19.2. The van der Waals surface area contributed by atoms with E-state index in [1.165, 1.54) is 11.8 Å². The highest BCUT2D eigenvalue weighted by Crippen LogP contribution is 2.24. The topological polar surface area (TPSA) is 78.3 Å². The molecule has 2 heterocycles. The summed E-state index contributed by atoms with van der Waals surface area (Å²) in [6.45, 7) is 7.43. The van der Waals surface area contributed by atoms with E-state index in [2.05, 4.69) is 46.2 Å². The highest BCUT2D eigenvalue weighted by Gasteiger charge is 2.14. The van der Waals surface area contributed by atoms with E-state index in [1.54, 1.807) is 0 Å². The SMILES string of the molecule is CCN(c1ccc(NC(=O)CSc2n[nH]c3nc4ccccc4n23)cc1)C(C)C. The second-order valence-electron chi connectivity index (χ2n) is 7.03. The van der Waals surface area contributed by atoms with Gasteiger partial charge in [-0.15, -0.1) is 5.10 Å². The normalized spacial score (nSPS) is 11.4. The number of amides is 1. The number of carbonyl (C=O) groups is 1.